The largest absolute Gasteiger partial charge is 0.494 e. The zero-order chi connectivity index (χ0) is 22.8. The molecule has 7 nitrogen and oxygen atoms in total. The van der Waals surface area contributed by atoms with Crippen LogP contribution in [0.4, 0.5) is 0 Å². The van der Waals surface area contributed by atoms with E-state index in [1.807, 2.05) is 55.6 Å². The molecule has 3 aromatic rings. The summed E-state index contributed by atoms with van der Waals surface area (Å²) in [7, 11) is 0. The number of aliphatic hydroxyl groups is 4. The Kier molecular flexibility index (Phi) is 6.83. The monoisotopic (exact) mass is 441 g/mol. The third kappa shape index (κ3) is 4.40. The molecule has 0 amide bonds. The molecule has 5 atom stereocenters. The zero-order valence-electron chi connectivity index (χ0n) is 18.4. The summed E-state index contributed by atoms with van der Waals surface area (Å²) >= 11 is 0. The average molecular weight is 442 g/mol. The number of rotatable bonds is 7. The lowest BCUT2D eigenvalue weighted by atomic mass is 9.91. The molecular formula is C25H31NO6. The molecule has 1 aliphatic rings. The van der Waals surface area contributed by atoms with E-state index in [0.29, 0.717) is 18.7 Å². The highest BCUT2D eigenvalue weighted by molar-refractivity contribution is 5.85. The quantitative estimate of drug-likeness (QED) is 0.449. The molecule has 2 aromatic carbocycles. The highest BCUT2D eigenvalue weighted by atomic mass is 16.5. The molecule has 0 unspecified atom stereocenters. The fraction of sp³-hybridized carbons (Fsp3) is 0.440. The van der Waals surface area contributed by atoms with Gasteiger partial charge in [0.05, 0.1) is 13.2 Å². The van der Waals surface area contributed by atoms with E-state index in [1.165, 1.54) is 0 Å². The zero-order valence-corrected chi connectivity index (χ0v) is 18.4. The topological polar surface area (TPSA) is 104 Å². The molecule has 1 saturated heterocycles. The van der Waals surface area contributed by atoms with Crippen molar-refractivity contribution in [2.24, 2.45) is 0 Å². The van der Waals surface area contributed by atoms with Gasteiger partial charge in [0.2, 0.25) is 0 Å². The number of hydrogen-bond donors (Lipinski definition) is 4. The van der Waals surface area contributed by atoms with Crippen LogP contribution in [-0.4, -0.2) is 62.6 Å². The van der Waals surface area contributed by atoms with E-state index in [9.17, 15) is 20.4 Å². The highest BCUT2D eigenvalue weighted by Gasteiger charge is 2.44. The predicted molar refractivity (Wildman–Crippen MR) is 121 cm³/mol. The first-order chi connectivity index (χ1) is 15.4. The molecule has 172 valence electrons. The van der Waals surface area contributed by atoms with Crippen molar-refractivity contribution in [2.75, 3.05) is 13.2 Å². The lowest BCUT2D eigenvalue weighted by Crippen LogP contribution is -2.55. The molecule has 0 radical (unpaired) electrons. The van der Waals surface area contributed by atoms with E-state index in [-0.39, 0.29) is 0 Å². The minimum Gasteiger partial charge on any atom is -0.494 e. The van der Waals surface area contributed by atoms with Crippen LogP contribution in [0.2, 0.25) is 0 Å². The summed E-state index contributed by atoms with van der Waals surface area (Å²) in [5, 5.41) is 41.6. The number of ether oxygens (including phenoxy) is 2. The van der Waals surface area contributed by atoms with Crippen molar-refractivity contribution in [1.29, 1.82) is 0 Å². The van der Waals surface area contributed by atoms with Gasteiger partial charge in [0, 0.05) is 29.2 Å². The van der Waals surface area contributed by atoms with Crippen LogP contribution in [0, 0.1) is 6.92 Å². The van der Waals surface area contributed by atoms with Gasteiger partial charge in [-0.3, -0.25) is 0 Å². The van der Waals surface area contributed by atoms with Gasteiger partial charge in [-0.05, 0) is 43.2 Å². The second-order valence-electron chi connectivity index (χ2n) is 8.47. The third-order valence-corrected chi connectivity index (χ3v) is 6.02. The Morgan fingerprint density at radius 3 is 2.44 bits per heavy atom. The Morgan fingerprint density at radius 2 is 1.75 bits per heavy atom. The molecule has 2 heterocycles. The maximum absolute atomic E-state index is 10.7. The number of fused-ring (bicyclic) bond motifs is 1. The van der Waals surface area contributed by atoms with Crippen molar-refractivity contribution in [3.63, 3.8) is 0 Å². The molecule has 0 spiro atoms. The van der Waals surface area contributed by atoms with Crippen LogP contribution < -0.4 is 4.74 Å². The molecule has 7 heteroatoms. The smallest absolute Gasteiger partial charge is 0.119 e. The van der Waals surface area contributed by atoms with Crippen molar-refractivity contribution >= 4 is 10.9 Å². The van der Waals surface area contributed by atoms with Gasteiger partial charge < -0.3 is 34.5 Å². The summed E-state index contributed by atoms with van der Waals surface area (Å²) in [6.45, 7) is 4.89. The van der Waals surface area contributed by atoms with Gasteiger partial charge in [-0.25, -0.2) is 0 Å². The summed E-state index contributed by atoms with van der Waals surface area (Å²) < 4.78 is 13.6. The van der Waals surface area contributed by atoms with Crippen molar-refractivity contribution < 1.29 is 29.9 Å². The van der Waals surface area contributed by atoms with E-state index in [4.69, 9.17) is 9.47 Å². The molecule has 1 aromatic heterocycles. The maximum Gasteiger partial charge on any atom is 0.119 e. The molecule has 32 heavy (non-hydrogen) atoms. The average Bonchev–Trinajstić information content (AvgIpc) is 3.14. The Labute approximate surface area is 187 Å². The predicted octanol–water partition coefficient (Wildman–Crippen LogP) is 2.30. The number of aliphatic hydroxyl groups excluding tert-OH is 4. The summed E-state index contributed by atoms with van der Waals surface area (Å²) in [5.41, 5.74) is 3.82. The Balaban J connectivity index is 1.68. The van der Waals surface area contributed by atoms with E-state index in [1.54, 1.807) is 0 Å². The first-order valence-corrected chi connectivity index (χ1v) is 11.0. The van der Waals surface area contributed by atoms with Crippen molar-refractivity contribution in [3.05, 3.63) is 65.4 Å². The van der Waals surface area contributed by atoms with Gasteiger partial charge >= 0.3 is 0 Å². The molecule has 4 rings (SSSR count). The van der Waals surface area contributed by atoms with Crippen LogP contribution >= 0.6 is 0 Å². The number of nitrogens with zero attached hydrogens (tertiary/aromatic N) is 1. The van der Waals surface area contributed by atoms with Crippen LogP contribution in [0.25, 0.3) is 10.9 Å². The van der Waals surface area contributed by atoms with Crippen LogP contribution in [0.5, 0.6) is 5.75 Å². The van der Waals surface area contributed by atoms with Gasteiger partial charge in [0.25, 0.3) is 0 Å². The minimum absolute atomic E-state index is 0.453. The summed E-state index contributed by atoms with van der Waals surface area (Å²) in [6, 6.07) is 14.0. The fourth-order valence-corrected chi connectivity index (χ4v) is 4.26. The number of hydrogen-bond acceptors (Lipinski definition) is 6. The van der Waals surface area contributed by atoms with Crippen molar-refractivity contribution in [2.45, 2.75) is 57.3 Å². The molecular weight excluding hydrogens is 410 g/mol. The Bertz CT molecular complexity index is 1040. The molecule has 1 aliphatic heterocycles. The second kappa shape index (κ2) is 9.60. The van der Waals surface area contributed by atoms with Gasteiger partial charge in [-0.2, -0.15) is 0 Å². The highest BCUT2D eigenvalue weighted by Crippen LogP contribution is 2.37. The second-order valence-corrected chi connectivity index (χ2v) is 8.47. The standard InChI is InChI=1S/C25H31NO6/c1-3-10-31-17-7-5-16(6-8-17)12-26-13-19(18-11-15(2)4-9-20(18)26)25-24(30)23(29)22(28)21(14-27)32-25/h4-9,11,13,21-25,27-30H,3,10,12,14H2,1-2H3/t21-,22-,23+,24-,25+/m1/s1. The normalized spacial score (nSPS) is 25.9. The Morgan fingerprint density at radius 1 is 1.00 bits per heavy atom. The van der Waals surface area contributed by atoms with Gasteiger partial charge in [-0.1, -0.05) is 30.7 Å². The lowest BCUT2D eigenvalue weighted by Gasteiger charge is -2.40. The first-order valence-electron chi connectivity index (χ1n) is 11.0. The van der Waals surface area contributed by atoms with Gasteiger partial charge in [0.15, 0.2) is 0 Å². The van der Waals surface area contributed by atoms with Crippen molar-refractivity contribution in [1.82, 2.24) is 4.57 Å². The fourth-order valence-electron chi connectivity index (χ4n) is 4.26. The van der Waals surface area contributed by atoms with E-state index < -0.39 is 37.1 Å². The summed E-state index contributed by atoms with van der Waals surface area (Å²) in [4.78, 5) is 0. The maximum atomic E-state index is 10.7. The van der Waals surface area contributed by atoms with E-state index in [2.05, 4.69) is 11.5 Å². The van der Waals surface area contributed by atoms with Crippen LogP contribution in [0.1, 0.15) is 36.1 Å². The first kappa shape index (κ1) is 22.8. The third-order valence-electron chi connectivity index (χ3n) is 6.02. The molecule has 0 saturated carbocycles. The number of aryl methyl sites for hydroxylation is 1. The summed E-state index contributed by atoms with van der Waals surface area (Å²) in [6.07, 6.45) is -3.06. The van der Waals surface area contributed by atoms with Crippen LogP contribution in [0.15, 0.2) is 48.7 Å². The van der Waals surface area contributed by atoms with E-state index in [0.717, 1.165) is 34.2 Å². The molecule has 0 bridgehead atoms. The molecule has 4 N–H and O–H groups in total. The molecule has 0 aliphatic carbocycles. The molecule has 1 fully saturated rings. The lowest BCUT2D eigenvalue weighted by molar-refractivity contribution is -0.231. The SMILES string of the molecule is CCCOc1ccc(Cn2cc([C@@H]3O[C@H](CO)[C@@H](O)[C@H](O)[C@H]3O)c3cc(C)ccc32)cc1. The van der Waals surface area contributed by atoms with Crippen LogP contribution in [0.3, 0.4) is 0 Å². The van der Waals surface area contributed by atoms with Crippen LogP contribution in [-0.2, 0) is 11.3 Å². The van der Waals surface area contributed by atoms with Gasteiger partial charge in [0.1, 0.15) is 36.3 Å². The van der Waals surface area contributed by atoms with E-state index >= 15 is 0 Å². The number of aromatic nitrogens is 1. The van der Waals surface area contributed by atoms with Gasteiger partial charge in [-0.15, -0.1) is 0 Å². The minimum atomic E-state index is -1.41. The van der Waals surface area contributed by atoms with Crippen molar-refractivity contribution in [3.8, 4) is 5.75 Å². The summed E-state index contributed by atoms with van der Waals surface area (Å²) in [5.74, 6) is 0.839. The number of benzene rings is 2. The Hall–Kier alpha value is -2.42.